The number of aromatic nitrogens is 1. The van der Waals surface area contributed by atoms with Crippen LogP contribution in [0.15, 0.2) is 48.7 Å². The molecule has 0 unspecified atom stereocenters. The molecule has 226 valence electrons. The van der Waals surface area contributed by atoms with E-state index in [9.17, 15) is 35.9 Å². The highest BCUT2D eigenvalue weighted by Crippen LogP contribution is 2.37. The normalized spacial score (nSPS) is 19.3. The number of fused-ring (bicyclic) bond motifs is 1. The molecule has 2 saturated heterocycles. The Kier molecular flexibility index (Phi) is 8.49. The maximum absolute atomic E-state index is 13.6. The molecular formula is C28H30F6N6O2. The van der Waals surface area contributed by atoms with Crippen LogP contribution < -0.4 is 10.7 Å². The lowest BCUT2D eigenvalue weighted by atomic mass is 9.98. The highest BCUT2D eigenvalue weighted by atomic mass is 19.4. The van der Waals surface area contributed by atoms with Crippen LogP contribution in [0.2, 0.25) is 0 Å². The molecule has 0 radical (unpaired) electrons. The number of H-pyrrole nitrogens is 1. The summed E-state index contributed by atoms with van der Waals surface area (Å²) in [5.41, 5.74) is 0.770. The predicted octanol–water partition coefficient (Wildman–Crippen LogP) is 3.51. The van der Waals surface area contributed by atoms with Gasteiger partial charge in [-0.3, -0.25) is 19.9 Å². The number of alkyl halides is 6. The molecular weight excluding hydrogens is 566 g/mol. The van der Waals surface area contributed by atoms with E-state index in [1.165, 1.54) is 4.90 Å². The van der Waals surface area contributed by atoms with Crippen LogP contribution in [-0.4, -0.2) is 90.0 Å². The summed E-state index contributed by atoms with van der Waals surface area (Å²) in [4.78, 5) is 32.7. The zero-order valence-corrected chi connectivity index (χ0v) is 22.5. The summed E-state index contributed by atoms with van der Waals surface area (Å²) in [5, 5.41) is 5.89. The molecule has 2 aliphatic rings. The minimum atomic E-state index is -5.07. The molecule has 3 N–H and O–H groups in total. The molecule has 2 amide bonds. The second-order valence-electron chi connectivity index (χ2n) is 10.5. The first-order chi connectivity index (χ1) is 19.9. The monoisotopic (exact) mass is 596 g/mol. The van der Waals surface area contributed by atoms with Crippen molar-refractivity contribution in [2.45, 2.75) is 24.8 Å². The highest BCUT2D eigenvalue weighted by Gasteiger charge is 2.39. The minimum Gasteiger partial charge on any atom is -0.361 e. The van der Waals surface area contributed by atoms with Crippen molar-refractivity contribution in [3.05, 3.63) is 70.9 Å². The smallest absolute Gasteiger partial charge is 0.361 e. The largest absolute Gasteiger partial charge is 0.416 e. The van der Waals surface area contributed by atoms with Gasteiger partial charge in [-0.15, -0.1) is 0 Å². The number of nitrogens with one attached hydrogen (secondary N) is 3. The number of amides is 2. The van der Waals surface area contributed by atoms with E-state index in [1.807, 2.05) is 34.2 Å². The second kappa shape index (κ2) is 11.9. The first kappa shape index (κ1) is 29.9. The number of aromatic amines is 1. The quantitative estimate of drug-likeness (QED) is 0.380. The van der Waals surface area contributed by atoms with E-state index in [2.05, 4.69) is 15.7 Å². The van der Waals surface area contributed by atoms with Crippen molar-refractivity contribution in [1.29, 1.82) is 0 Å². The van der Waals surface area contributed by atoms with Gasteiger partial charge in [0.2, 0.25) is 5.91 Å². The Morgan fingerprint density at radius 1 is 0.905 bits per heavy atom. The number of hydrazine groups is 1. The van der Waals surface area contributed by atoms with Gasteiger partial charge in [-0.1, -0.05) is 18.2 Å². The van der Waals surface area contributed by atoms with Crippen molar-refractivity contribution in [2.24, 2.45) is 0 Å². The van der Waals surface area contributed by atoms with Gasteiger partial charge in [0.15, 0.2) is 0 Å². The van der Waals surface area contributed by atoms with Gasteiger partial charge in [0.1, 0.15) is 0 Å². The van der Waals surface area contributed by atoms with E-state index in [-0.39, 0.29) is 44.6 Å². The maximum atomic E-state index is 13.6. The van der Waals surface area contributed by atoms with Gasteiger partial charge >= 0.3 is 12.4 Å². The highest BCUT2D eigenvalue weighted by molar-refractivity contribution is 5.95. The summed E-state index contributed by atoms with van der Waals surface area (Å²) in [5.74, 6) is -1.17. The lowest BCUT2D eigenvalue weighted by molar-refractivity contribution is -0.143. The predicted molar refractivity (Wildman–Crippen MR) is 142 cm³/mol. The molecule has 1 atom stereocenters. The van der Waals surface area contributed by atoms with Gasteiger partial charge in [-0.05, 0) is 36.2 Å². The fraction of sp³-hybridized carbons (Fsp3) is 0.429. The maximum Gasteiger partial charge on any atom is 0.416 e. The molecule has 2 fully saturated rings. The van der Waals surface area contributed by atoms with Gasteiger partial charge in [0.05, 0.1) is 17.7 Å². The van der Waals surface area contributed by atoms with Crippen molar-refractivity contribution in [3.63, 3.8) is 0 Å². The molecule has 0 spiro atoms. The van der Waals surface area contributed by atoms with Gasteiger partial charge in [0.25, 0.3) is 5.91 Å². The third-order valence-electron chi connectivity index (χ3n) is 7.56. The number of benzene rings is 2. The molecule has 8 nitrogen and oxygen atoms in total. The van der Waals surface area contributed by atoms with Gasteiger partial charge in [-0.2, -0.15) is 26.3 Å². The average Bonchev–Trinajstić information content (AvgIpc) is 3.35. The molecule has 3 heterocycles. The summed E-state index contributed by atoms with van der Waals surface area (Å²) < 4.78 is 81.1. The molecule has 0 saturated carbocycles. The van der Waals surface area contributed by atoms with Crippen LogP contribution in [0.3, 0.4) is 0 Å². The Morgan fingerprint density at radius 3 is 2.24 bits per heavy atom. The van der Waals surface area contributed by atoms with Crippen LogP contribution in [-0.2, 0) is 23.6 Å². The minimum absolute atomic E-state index is 0.00908. The number of hydrogen-bond acceptors (Lipinski definition) is 5. The molecule has 2 aliphatic heterocycles. The lowest BCUT2D eigenvalue weighted by Crippen LogP contribution is -2.59. The van der Waals surface area contributed by atoms with Gasteiger partial charge in [0, 0.05) is 74.5 Å². The van der Waals surface area contributed by atoms with Crippen molar-refractivity contribution in [3.8, 4) is 0 Å². The number of nitrogens with zero attached hydrogens (tertiary/aromatic N) is 3. The third kappa shape index (κ3) is 6.88. The fourth-order valence-corrected chi connectivity index (χ4v) is 5.50. The van der Waals surface area contributed by atoms with Crippen LogP contribution in [0.5, 0.6) is 0 Å². The SMILES string of the molecule is O=C(CN1CCN(C(=O)c2cc(C(F)(F)F)cc(C(F)(F)F)c2)[C@H](Cc2c[nH]c3ccccc23)C1)NN1CCNCC1. The zero-order valence-electron chi connectivity index (χ0n) is 22.5. The Labute approximate surface area is 237 Å². The van der Waals surface area contributed by atoms with Crippen LogP contribution in [0.1, 0.15) is 27.0 Å². The van der Waals surface area contributed by atoms with Crippen molar-refractivity contribution in [1.82, 2.24) is 30.5 Å². The Balaban J connectivity index is 1.41. The van der Waals surface area contributed by atoms with E-state index in [1.54, 1.807) is 6.20 Å². The van der Waals surface area contributed by atoms with Crippen LogP contribution in [0.25, 0.3) is 10.9 Å². The van der Waals surface area contributed by atoms with E-state index in [0.29, 0.717) is 25.2 Å². The van der Waals surface area contributed by atoms with Crippen LogP contribution in [0.4, 0.5) is 26.3 Å². The topological polar surface area (TPSA) is 83.7 Å². The molecule has 3 aromatic rings. The summed E-state index contributed by atoms with van der Waals surface area (Å²) in [6.07, 6.45) is -8.10. The van der Waals surface area contributed by atoms with E-state index < -0.39 is 41.0 Å². The molecule has 0 bridgehead atoms. The summed E-state index contributed by atoms with van der Waals surface area (Å²) >= 11 is 0. The number of hydrogen-bond donors (Lipinski definition) is 3. The van der Waals surface area contributed by atoms with Crippen molar-refractivity contribution >= 4 is 22.7 Å². The fourth-order valence-electron chi connectivity index (χ4n) is 5.50. The lowest BCUT2D eigenvalue weighted by Gasteiger charge is -2.41. The van der Waals surface area contributed by atoms with E-state index in [0.717, 1.165) is 29.6 Å². The van der Waals surface area contributed by atoms with Crippen LogP contribution >= 0.6 is 0 Å². The number of carbonyl (C=O) groups excluding carboxylic acids is 2. The Bertz CT molecular complexity index is 1400. The molecule has 1 aromatic heterocycles. The van der Waals surface area contributed by atoms with Gasteiger partial charge in [-0.25, -0.2) is 5.01 Å². The van der Waals surface area contributed by atoms with Crippen molar-refractivity contribution < 1.29 is 35.9 Å². The zero-order chi connectivity index (χ0) is 30.1. The first-order valence-electron chi connectivity index (χ1n) is 13.5. The molecule has 2 aromatic carbocycles. The molecule has 14 heteroatoms. The number of carbonyl (C=O) groups is 2. The number of halogens is 6. The number of piperazine rings is 2. The number of rotatable bonds is 6. The summed E-state index contributed by atoms with van der Waals surface area (Å²) in [6, 6.07) is 7.77. The average molecular weight is 597 g/mol. The second-order valence-corrected chi connectivity index (χ2v) is 10.5. The number of para-hydroxylation sites is 1. The third-order valence-corrected chi connectivity index (χ3v) is 7.56. The van der Waals surface area contributed by atoms with Gasteiger partial charge < -0.3 is 15.2 Å². The van der Waals surface area contributed by atoms with Crippen LogP contribution in [0, 0.1) is 0 Å². The van der Waals surface area contributed by atoms with E-state index >= 15 is 0 Å². The first-order valence-corrected chi connectivity index (χ1v) is 13.5. The Morgan fingerprint density at radius 2 is 1.57 bits per heavy atom. The molecule has 0 aliphatic carbocycles. The molecule has 42 heavy (non-hydrogen) atoms. The molecule has 5 rings (SSSR count). The van der Waals surface area contributed by atoms with Crippen molar-refractivity contribution in [2.75, 3.05) is 52.4 Å². The Hall–Kier alpha value is -3.62. The summed E-state index contributed by atoms with van der Waals surface area (Å²) in [6.45, 7) is 3.23. The summed E-state index contributed by atoms with van der Waals surface area (Å²) in [7, 11) is 0. The van der Waals surface area contributed by atoms with E-state index in [4.69, 9.17) is 0 Å². The standard InChI is InChI=1S/C28H30F6N6O2/c29-27(30,31)20-11-18(12-21(14-20)28(32,33)34)26(42)40-10-9-38(17-25(41)37-39-7-5-35-6-8-39)16-22(40)13-19-15-36-24-4-2-1-3-23(19)24/h1-4,11-12,14-15,22,35-36H,5-10,13,16-17H2,(H,37,41)/t22-/m1/s1.